The van der Waals surface area contributed by atoms with Crippen molar-refractivity contribution in [2.75, 3.05) is 13.2 Å². The molecule has 0 saturated carbocycles. The van der Waals surface area contributed by atoms with E-state index in [0.717, 1.165) is 25.9 Å². The Morgan fingerprint density at radius 1 is 1.44 bits per heavy atom. The Labute approximate surface area is 106 Å². The summed E-state index contributed by atoms with van der Waals surface area (Å²) in [6, 6.07) is -0.0339. The van der Waals surface area contributed by atoms with Gasteiger partial charge in [-0.3, -0.25) is 0 Å². The van der Waals surface area contributed by atoms with Crippen LogP contribution in [-0.2, 0) is 10.3 Å². The summed E-state index contributed by atoms with van der Waals surface area (Å²) < 4.78 is 11.1. The van der Waals surface area contributed by atoms with Crippen molar-refractivity contribution in [3.05, 3.63) is 11.7 Å². The van der Waals surface area contributed by atoms with Gasteiger partial charge in [0.05, 0.1) is 12.1 Å². The first kappa shape index (κ1) is 12.1. The molecule has 0 aromatic carbocycles. The molecule has 0 amide bonds. The van der Waals surface area contributed by atoms with Gasteiger partial charge in [-0.2, -0.15) is 4.98 Å². The summed E-state index contributed by atoms with van der Waals surface area (Å²) in [6.07, 6.45) is 3.44. The lowest BCUT2D eigenvalue weighted by Gasteiger charge is -2.30. The number of hydrogen-bond acceptors (Lipinski definition) is 6. The number of nitrogens with one attached hydrogen (secondary N) is 1. The molecule has 2 aliphatic heterocycles. The Morgan fingerprint density at radius 3 is 3.00 bits per heavy atom. The van der Waals surface area contributed by atoms with E-state index in [4.69, 9.17) is 9.26 Å². The first-order valence-electron chi connectivity index (χ1n) is 6.57. The monoisotopic (exact) mass is 253 g/mol. The molecule has 100 valence electrons. The Balaban J connectivity index is 1.76. The average Bonchev–Trinajstić information content (AvgIpc) is 2.98. The number of aromatic nitrogens is 2. The summed E-state index contributed by atoms with van der Waals surface area (Å²) in [6.45, 7) is 3.34. The summed E-state index contributed by atoms with van der Waals surface area (Å²) in [5, 5.41) is 16.7. The molecule has 3 heterocycles. The van der Waals surface area contributed by atoms with Crippen molar-refractivity contribution in [1.82, 2.24) is 15.5 Å². The minimum absolute atomic E-state index is 0.0339. The zero-order chi connectivity index (χ0) is 12.6. The molecule has 2 saturated heterocycles. The van der Waals surface area contributed by atoms with Gasteiger partial charge in [0.2, 0.25) is 11.7 Å². The Morgan fingerprint density at radius 2 is 2.33 bits per heavy atom. The van der Waals surface area contributed by atoms with Crippen molar-refractivity contribution >= 4 is 0 Å². The highest BCUT2D eigenvalue weighted by atomic mass is 16.5. The molecule has 6 nitrogen and oxygen atoms in total. The summed E-state index contributed by atoms with van der Waals surface area (Å²) in [4.78, 5) is 4.45. The molecule has 0 aliphatic carbocycles. The van der Waals surface area contributed by atoms with Crippen LogP contribution in [0.5, 0.6) is 0 Å². The summed E-state index contributed by atoms with van der Waals surface area (Å²) >= 11 is 0. The summed E-state index contributed by atoms with van der Waals surface area (Å²) in [5.74, 6) is 1.18. The van der Waals surface area contributed by atoms with Crippen LogP contribution in [0, 0.1) is 0 Å². The van der Waals surface area contributed by atoms with Crippen LogP contribution in [0.1, 0.15) is 50.4 Å². The van der Waals surface area contributed by atoms with E-state index in [2.05, 4.69) is 15.5 Å². The maximum absolute atomic E-state index is 9.49. The molecular weight excluding hydrogens is 234 g/mol. The van der Waals surface area contributed by atoms with Crippen molar-refractivity contribution in [2.45, 2.75) is 50.4 Å². The van der Waals surface area contributed by atoms with Gasteiger partial charge in [0.1, 0.15) is 5.60 Å². The van der Waals surface area contributed by atoms with Crippen molar-refractivity contribution in [3.63, 3.8) is 0 Å². The van der Waals surface area contributed by atoms with Gasteiger partial charge < -0.3 is 19.7 Å². The van der Waals surface area contributed by atoms with E-state index in [1.165, 1.54) is 0 Å². The van der Waals surface area contributed by atoms with Gasteiger partial charge in [-0.05, 0) is 32.6 Å². The number of rotatable bonds is 2. The molecular formula is C12H19N3O3. The largest absolute Gasteiger partial charge is 0.392 e. The third kappa shape index (κ3) is 2.15. The lowest BCUT2D eigenvalue weighted by molar-refractivity contribution is -0.0770. The van der Waals surface area contributed by atoms with Crippen LogP contribution in [0.2, 0.25) is 0 Å². The van der Waals surface area contributed by atoms with Crippen LogP contribution in [0.4, 0.5) is 0 Å². The summed E-state index contributed by atoms with van der Waals surface area (Å²) in [7, 11) is 0. The van der Waals surface area contributed by atoms with Gasteiger partial charge in [0, 0.05) is 13.2 Å². The number of hydrogen-bond donors (Lipinski definition) is 2. The van der Waals surface area contributed by atoms with E-state index in [-0.39, 0.29) is 12.1 Å². The van der Waals surface area contributed by atoms with Crippen LogP contribution in [-0.4, -0.2) is 34.5 Å². The Kier molecular flexibility index (Phi) is 3.09. The molecule has 0 bridgehead atoms. The number of aliphatic hydroxyl groups excluding tert-OH is 1. The fourth-order valence-electron chi connectivity index (χ4n) is 2.61. The molecule has 1 unspecified atom stereocenters. The fourth-order valence-corrected chi connectivity index (χ4v) is 2.61. The van der Waals surface area contributed by atoms with Gasteiger partial charge in [0.15, 0.2) is 0 Å². The lowest BCUT2D eigenvalue weighted by Crippen LogP contribution is -2.31. The van der Waals surface area contributed by atoms with Crippen molar-refractivity contribution in [1.29, 1.82) is 0 Å². The highest BCUT2D eigenvalue weighted by molar-refractivity contribution is 5.04. The topological polar surface area (TPSA) is 80.4 Å². The van der Waals surface area contributed by atoms with Crippen molar-refractivity contribution < 1.29 is 14.4 Å². The van der Waals surface area contributed by atoms with Crippen molar-refractivity contribution in [2.24, 2.45) is 0 Å². The number of nitrogens with zero attached hydrogens (tertiary/aromatic N) is 2. The molecule has 3 rings (SSSR count). The third-order valence-corrected chi connectivity index (χ3v) is 3.79. The van der Waals surface area contributed by atoms with E-state index < -0.39 is 5.60 Å². The standard InChI is InChI=1S/C12H19N3O3/c1-12(4-2-3-5-17-12)11-14-10(18-15-11)9-6-8(16)7-13-9/h8-9,13,16H,2-7H2,1H3/t8-,9-,12?/m1/s1. The Hall–Kier alpha value is -0.980. The molecule has 6 heteroatoms. The molecule has 0 spiro atoms. The van der Waals surface area contributed by atoms with E-state index in [9.17, 15) is 5.11 Å². The number of aliphatic hydroxyl groups is 1. The molecule has 0 radical (unpaired) electrons. The number of β-amino-alcohol motifs (C(OH)–C–C–N with tert-alkyl or cyclic N) is 1. The first-order valence-corrected chi connectivity index (χ1v) is 6.57. The highest BCUT2D eigenvalue weighted by Crippen LogP contribution is 2.33. The molecule has 1 aromatic heterocycles. The van der Waals surface area contributed by atoms with Crippen LogP contribution >= 0.6 is 0 Å². The van der Waals surface area contributed by atoms with E-state index in [1.807, 2.05) is 6.92 Å². The molecule has 3 atom stereocenters. The first-order chi connectivity index (χ1) is 8.67. The second kappa shape index (κ2) is 4.60. The smallest absolute Gasteiger partial charge is 0.243 e. The average molecular weight is 253 g/mol. The minimum Gasteiger partial charge on any atom is -0.392 e. The van der Waals surface area contributed by atoms with Crippen LogP contribution in [0.25, 0.3) is 0 Å². The highest BCUT2D eigenvalue weighted by Gasteiger charge is 2.36. The summed E-state index contributed by atoms with van der Waals surface area (Å²) in [5.41, 5.74) is -0.419. The van der Waals surface area contributed by atoms with Gasteiger partial charge in [0.25, 0.3) is 0 Å². The van der Waals surface area contributed by atoms with Gasteiger partial charge in [-0.1, -0.05) is 5.16 Å². The Bertz CT molecular complexity index is 414. The predicted octanol–water partition coefficient (Wildman–Crippen LogP) is 0.881. The van der Waals surface area contributed by atoms with Crippen LogP contribution in [0.3, 0.4) is 0 Å². The quantitative estimate of drug-likeness (QED) is 0.814. The normalized spacial score (nSPS) is 37.0. The zero-order valence-electron chi connectivity index (χ0n) is 10.6. The maximum atomic E-state index is 9.49. The second-order valence-corrected chi connectivity index (χ2v) is 5.34. The van der Waals surface area contributed by atoms with E-state index >= 15 is 0 Å². The maximum Gasteiger partial charge on any atom is 0.243 e. The molecule has 2 N–H and O–H groups in total. The van der Waals surface area contributed by atoms with Crippen LogP contribution < -0.4 is 5.32 Å². The van der Waals surface area contributed by atoms with E-state index in [0.29, 0.717) is 24.7 Å². The minimum atomic E-state index is -0.419. The van der Waals surface area contributed by atoms with Crippen LogP contribution in [0.15, 0.2) is 4.52 Å². The molecule has 18 heavy (non-hydrogen) atoms. The third-order valence-electron chi connectivity index (χ3n) is 3.79. The number of ether oxygens (including phenoxy) is 1. The zero-order valence-corrected chi connectivity index (χ0v) is 10.6. The molecule has 2 fully saturated rings. The van der Waals surface area contributed by atoms with E-state index in [1.54, 1.807) is 0 Å². The molecule has 2 aliphatic rings. The van der Waals surface area contributed by atoms with Gasteiger partial charge in [-0.25, -0.2) is 0 Å². The SMILES string of the molecule is CC1(c2noc([C@H]3C[C@@H](O)CN3)n2)CCCCO1. The lowest BCUT2D eigenvalue weighted by atomic mass is 9.95. The van der Waals surface area contributed by atoms with Gasteiger partial charge in [-0.15, -0.1) is 0 Å². The van der Waals surface area contributed by atoms with Crippen molar-refractivity contribution in [3.8, 4) is 0 Å². The second-order valence-electron chi connectivity index (χ2n) is 5.34. The fraction of sp³-hybridized carbons (Fsp3) is 0.833. The predicted molar refractivity (Wildman–Crippen MR) is 62.8 cm³/mol. The molecule has 1 aromatic rings. The van der Waals surface area contributed by atoms with Gasteiger partial charge >= 0.3 is 0 Å².